The van der Waals surface area contributed by atoms with Gasteiger partial charge >= 0.3 is 11.9 Å². The fourth-order valence-corrected chi connectivity index (χ4v) is 12.3. The van der Waals surface area contributed by atoms with Crippen LogP contribution in [0.4, 0.5) is 11.4 Å². The number of thiazole rings is 2. The molecule has 0 saturated heterocycles. The van der Waals surface area contributed by atoms with Gasteiger partial charge in [-0.05, 0) is 62.1 Å². The van der Waals surface area contributed by atoms with Crippen molar-refractivity contribution in [3.05, 3.63) is 46.4 Å². The van der Waals surface area contributed by atoms with Gasteiger partial charge in [0.05, 0.1) is 92.9 Å². The van der Waals surface area contributed by atoms with Crippen LogP contribution in [-0.4, -0.2) is 257 Å². The molecule has 0 unspecified atom stereocenters. The monoisotopic (exact) mass is 1430 g/mol. The molecule has 0 bridgehead atoms. The van der Waals surface area contributed by atoms with E-state index in [9.17, 15) is 58.2 Å². The Kier molecular flexibility index (Phi) is 35.4. The second kappa shape index (κ2) is 43.4. The van der Waals surface area contributed by atoms with Crippen LogP contribution in [0.5, 0.6) is 0 Å². The Balaban J connectivity index is 0.000000351. The number of carboxylic acid groups (broad SMARTS) is 2. The number of nitrogens with zero attached hydrogens (tertiary/aromatic N) is 6. The second-order valence-electron chi connectivity index (χ2n) is 20.5. The third kappa shape index (κ3) is 30.5. The first-order valence-corrected chi connectivity index (χ1v) is 33.6. The molecule has 6 rings (SSSR count). The summed E-state index contributed by atoms with van der Waals surface area (Å²) in [5.41, 5.74) is 23.7. The lowest BCUT2D eigenvalue weighted by atomic mass is 10.1. The smallest absolute Gasteiger partial charge is 0.329 e. The van der Waals surface area contributed by atoms with Gasteiger partial charge in [-0.15, -0.1) is 46.2 Å². The lowest BCUT2D eigenvalue weighted by molar-refractivity contribution is -0.138. The maximum Gasteiger partial charge on any atom is 0.329 e. The van der Waals surface area contributed by atoms with Crippen LogP contribution < -0.4 is 65.5 Å². The first-order chi connectivity index (χ1) is 46.6. The van der Waals surface area contributed by atoms with E-state index < -0.39 is 96.5 Å². The maximum atomic E-state index is 13.3. The number of thioether (sulfide) groups is 2. The topological polar surface area (TPSA) is 542 Å². The molecule has 2 aliphatic heterocycles. The fourth-order valence-electron chi connectivity index (χ4n) is 8.08. The summed E-state index contributed by atoms with van der Waals surface area (Å²) >= 11 is 5.28. The van der Waals surface area contributed by atoms with Crippen molar-refractivity contribution in [2.75, 3.05) is 142 Å². The molecule has 4 aromatic rings. The van der Waals surface area contributed by atoms with Crippen molar-refractivity contribution in [2.45, 2.75) is 56.3 Å². The standard InChI is InChI=1S/C29H41N9O9S2.C28H39N9O9S2/c1-45-9-10-46-11-12-47-15-24(41)32-8-6-22(39)34-14-23(40)36-19(3-2-7-33-29(30)31)25(42)35-17-4-5-18-21(13-17)49-27(37-18)26-38-20(16-48-26)28(43)44;1-44-7-8-45-9-10-46-14-23(40)33-12-21(38)32-13-22(39)35-18(3-2-6-31-28(29)30)24(41)34-16-4-5-17-20(11-16)48-26(36-17)25-37-19(15-47-25)27(42)43/h4-5,13,19-20H,2-3,6-12,14-16H2,1H3,(H,32,41)(H,34,39)(H,35,42)(H,36,40)(H,43,44)(H4,30,31,33);4-5,11,18-19H,2-3,6-10,12-15H2,1H3,(H,32,38)(H,33,40)(H,34,41)(H,35,39)(H,42,43)(H4,29,30,31)/t19-,20+;18-,19+/m00/s1. The van der Waals surface area contributed by atoms with Gasteiger partial charge < -0.3 is 104 Å². The number of ether oxygens (including phenoxy) is 6. The van der Waals surface area contributed by atoms with Crippen LogP contribution in [0.2, 0.25) is 0 Å². The molecule has 0 saturated carbocycles. The number of anilines is 2. The van der Waals surface area contributed by atoms with E-state index in [1.165, 1.54) is 46.2 Å². The van der Waals surface area contributed by atoms with E-state index in [1.807, 2.05) is 0 Å². The van der Waals surface area contributed by atoms with E-state index in [0.29, 0.717) is 99.9 Å². The summed E-state index contributed by atoms with van der Waals surface area (Å²) in [5, 5.41) is 41.3. The number of benzene rings is 2. The SMILES string of the molecule is COCCOCCOCC(=O)NCC(=O)NCC(=O)N[C@@H](CCCN=C(N)N)C(=O)Nc1ccc2nc(C3=N[C@@H](C(=O)O)CS3)sc2c1.COCCOCCOCC(=O)NCCC(=O)NCC(=O)N[C@@H](CCCN=C(N)N)C(=O)Nc1ccc2nc(C3=N[C@@H](C(=O)O)CS3)sc2c1. The Morgan fingerprint density at radius 1 is 0.536 bits per heavy atom. The van der Waals surface area contributed by atoms with Gasteiger partial charge in [-0.1, -0.05) is 0 Å². The van der Waals surface area contributed by atoms with Crippen LogP contribution in [0.1, 0.15) is 42.1 Å². The Morgan fingerprint density at radius 2 is 0.938 bits per heavy atom. The number of amides is 8. The zero-order valence-corrected chi connectivity index (χ0v) is 56.4. The van der Waals surface area contributed by atoms with Gasteiger partial charge in [0.2, 0.25) is 47.3 Å². The van der Waals surface area contributed by atoms with E-state index in [1.54, 1.807) is 50.6 Å². The number of nitrogens with two attached hydrogens (primary N) is 4. The first kappa shape index (κ1) is 79.0. The number of carbonyl (C=O) groups is 10. The van der Waals surface area contributed by atoms with Crippen LogP contribution in [0.15, 0.2) is 56.4 Å². The van der Waals surface area contributed by atoms with E-state index in [2.05, 4.69) is 72.5 Å². The highest BCUT2D eigenvalue weighted by Gasteiger charge is 2.29. The van der Waals surface area contributed by atoms with Gasteiger partial charge in [0.1, 0.15) is 45.4 Å². The predicted octanol–water partition coefficient (Wildman–Crippen LogP) is -2.35. The Hall–Kier alpha value is -8.74. The quantitative estimate of drug-likeness (QED) is 0.0125. The molecule has 0 spiro atoms. The molecule has 36 nitrogen and oxygen atoms in total. The summed E-state index contributed by atoms with van der Waals surface area (Å²) in [5.74, 6) is -5.78. The summed E-state index contributed by atoms with van der Waals surface area (Å²) in [4.78, 5) is 148. The zero-order chi connectivity index (χ0) is 70.5. The van der Waals surface area contributed by atoms with E-state index >= 15 is 0 Å². The average Bonchev–Trinajstić information content (AvgIpc) is 1.68. The summed E-state index contributed by atoms with van der Waals surface area (Å²) in [7, 11) is 3.12. The molecular weight excluding hydrogens is 1350 g/mol. The normalized spacial score (nSPS) is 14.5. The van der Waals surface area contributed by atoms with Gasteiger partial charge in [0, 0.05) is 63.2 Å². The number of aliphatic imine (C=N–C) groups is 4. The number of guanidine groups is 2. The van der Waals surface area contributed by atoms with Crippen molar-refractivity contribution in [1.82, 2.24) is 41.9 Å². The molecule has 4 atom stereocenters. The van der Waals surface area contributed by atoms with Gasteiger partial charge in [-0.3, -0.25) is 58.3 Å². The van der Waals surface area contributed by atoms with Gasteiger partial charge in [-0.25, -0.2) is 19.6 Å². The molecule has 0 fully saturated rings. The Morgan fingerprint density at radius 3 is 1.36 bits per heavy atom. The van der Waals surface area contributed by atoms with Crippen LogP contribution in [0, 0.1) is 0 Å². The number of fused-ring (bicyclic) bond motifs is 2. The summed E-state index contributed by atoms with van der Waals surface area (Å²) in [6, 6.07) is 6.60. The molecule has 0 aliphatic carbocycles. The Bertz CT molecular complexity index is 3460. The molecule has 8 amide bonds. The predicted molar refractivity (Wildman–Crippen MR) is 365 cm³/mol. The van der Waals surface area contributed by atoms with Crippen LogP contribution in [-0.2, 0) is 76.4 Å². The largest absolute Gasteiger partial charge is 0.480 e. The third-order valence-electron chi connectivity index (χ3n) is 12.8. The highest BCUT2D eigenvalue weighted by molar-refractivity contribution is 8.15. The fraction of sp³-hybridized carbons (Fsp3) is 0.509. The molecular formula is C57H80N18O18S4. The lowest BCUT2D eigenvalue weighted by Crippen LogP contribution is -2.48. The number of nitrogens with one attached hydrogen (secondary N) is 8. The van der Waals surface area contributed by atoms with Gasteiger partial charge in [-0.2, -0.15) is 0 Å². The minimum atomic E-state index is -0.996. The van der Waals surface area contributed by atoms with Crippen molar-refractivity contribution >= 4 is 159 Å². The van der Waals surface area contributed by atoms with Crippen molar-refractivity contribution < 1.29 is 86.6 Å². The molecule has 18 N–H and O–H groups in total. The van der Waals surface area contributed by atoms with E-state index in [0.717, 1.165) is 9.40 Å². The number of rotatable bonds is 43. The summed E-state index contributed by atoms with van der Waals surface area (Å²) < 4.78 is 32.0. The number of methoxy groups -OCH3 is 2. The van der Waals surface area contributed by atoms with Crippen LogP contribution in [0.25, 0.3) is 20.4 Å². The number of hydrogen-bond acceptors (Lipinski definition) is 26. The molecule has 4 heterocycles. The average molecular weight is 1430 g/mol. The molecule has 2 aliphatic rings. The molecule has 2 aromatic carbocycles. The first-order valence-electron chi connectivity index (χ1n) is 30.0. The highest BCUT2D eigenvalue weighted by Crippen LogP contribution is 2.33. The molecule has 97 heavy (non-hydrogen) atoms. The van der Waals surface area contributed by atoms with E-state index in [-0.39, 0.29) is 90.4 Å². The molecule has 2 aromatic heterocycles. The third-order valence-corrected chi connectivity index (χ3v) is 17.2. The van der Waals surface area contributed by atoms with Crippen LogP contribution in [0.3, 0.4) is 0 Å². The molecule has 0 radical (unpaired) electrons. The highest BCUT2D eigenvalue weighted by atomic mass is 32.2. The van der Waals surface area contributed by atoms with Gasteiger partial charge in [0.15, 0.2) is 24.0 Å². The second-order valence-corrected chi connectivity index (χ2v) is 24.5. The number of carbonyl (C=O) groups excluding carboxylic acids is 8. The van der Waals surface area contributed by atoms with Crippen molar-refractivity contribution in [2.24, 2.45) is 42.9 Å². The van der Waals surface area contributed by atoms with Crippen molar-refractivity contribution in [3.8, 4) is 0 Å². The number of aromatic nitrogens is 2. The summed E-state index contributed by atoms with van der Waals surface area (Å²) in [6.07, 6.45) is 1.05. The maximum absolute atomic E-state index is 13.3. The lowest BCUT2D eigenvalue weighted by Gasteiger charge is -2.18. The van der Waals surface area contributed by atoms with E-state index in [4.69, 9.17) is 51.4 Å². The van der Waals surface area contributed by atoms with Crippen LogP contribution >= 0.6 is 46.2 Å². The van der Waals surface area contributed by atoms with Crippen molar-refractivity contribution in [1.29, 1.82) is 0 Å². The Labute approximate surface area is 572 Å². The van der Waals surface area contributed by atoms with Crippen molar-refractivity contribution in [3.63, 3.8) is 0 Å². The zero-order valence-electron chi connectivity index (χ0n) is 53.1. The summed E-state index contributed by atoms with van der Waals surface area (Å²) in [6.45, 7) is 1.61. The van der Waals surface area contributed by atoms with Gasteiger partial charge in [0.25, 0.3) is 0 Å². The minimum Gasteiger partial charge on any atom is -0.480 e. The molecule has 530 valence electrons. The minimum absolute atomic E-state index is 0.0389. The number of aliphatic carboxylic acids is 2. The molecule has 40 heteroatoms. The number of carboxylic acids is 2. The number of hydrogen-bond donors (Lipinski definition) is 14.